The molecule has 9 nitrogen and oxygen atoms in total. The minimum absolute atomic E-state index is 0.295. The van der Waals surface area contributed by atoms with Gasteiger partial charge in [0.1, 0.15) is 30.0 Å². The Balaban J connectivity index is 0.000000204. The monoisotopic (exact) mass is 738 g/mol. The van der Waals surface area contributed by atoms with Gasteiger partial charge in [0.05, 0.1) is 19.8 Å². The molecule has 4 atom stereocenters. The number of fused-ring (bicyclic) bond motifs is 2. The first-order chi connectivity index (χ1) is 25.6. The predicted molar refractivity (Wildman–Crippen MR) is 205 cm³/mol. The molecule has 2 aromatic heterocycles. The first-order valence-electron chi connectivity index (χ1n) is 18.1. The van der Waals surface area contributed by atoms with Crippen LogP contribution in [0.4, 0.5) is 0 Å². The van der Waals surface area contributed by atoms with Crippen molar-refractivity contribution < 1.29 is 32.9 Å². The molecule has 2 unspecified atom stereocenters. The number of benzene rings is 4. The molecule has 2 heterocycles. The van der Waals surface area contributed by atoms with E-state index in [4.69, 9.17) is 34.6 Å². The van der Waals surface area contributed by atoms with Gasteiger partial charge in [-0.1, -0.05) is 78.7 Å². The van der Waals surface area contributed by atoms with Gasteiger partial charge < -0.3 is 28.2 Å². The van der Waals surface area contributed by atoms with Gasteiger partial charge in [-0.05, 0) is 115 Å². The number of hydrogen-bond acceptors (Lipinski definition) is 8. The number of aryl methyl sites for hydroxylation is 2. The SMILES string of the molecule is Cc1cccc2cc(C(Cl)OCc3cocn3)ccc12.Cc1cccc2cc(C(OC[C@H]3CCC[C@@H](COC(C)(C)C(=O)O)C3)c3cocn3)ccc12. The van der Waals surface area contributed by atoms with Crippen molar-refractivity contribution >= 4 is 39.1 Å². The third-order valence-electron chi connectivity index (χ3n) is 9.98. The van der Waals surface area contributed by atoms with E-state index in [-0.39, 0.29) is 6.10 Å². The fourth-order valence-corrected chi connectivity index (χ4v) is 7.02. The molecule has 1 aliphatic rings. The Morgan fingerprint density at radius 2 is 1.47 bits per heavy atom. The maximum atomic E-state index is 11.3. The Labute approximate surface area is 315 Å². The molecule has 53 heavy (non-hydrogen) atoms. The van der Waals surface area contributed by atoms with Crippen LogP contribution in [0.25, 0.3) is 21.5 Å². The molecule has 1 aliphatic carbocycles. The van der Waals surface area contributed by atoms with E-state index in [2.05, 4.69) is 84.5 Å². The predicted octanol–water partition coefficient (Wildman–Crippen LogP) is 10.5. The molecule has 0 amide bonds. The smallest absolute Gasteiger partial charge is 0.335 e. The summed E-state index contributed by atoms with van der Waals surface area (Å²) < 4.78 is 27.9. The van der Waals surface area contributed by atoms with Crippen molar-refractivity contribution in [3.8, 4) is 0 Å². The van der Waals surface area contributed by atoms with Crippen molar-refractivity contribution in [3.63, 3.8) is 0 Å². The van der Waals surface area contributed by atoms with E-state index >= 15 is 0 Å². The summed E-state index contributed by atoms with van der Waals surface area (Å²) in [5.74, 6) is -0.184. The maximum Gasteiger partial charge on any atom is 0.335 e. The Kier molecular flexibility index (Phi) is 12.6. The van der Waals surface area contributed by atoms with E-state index in [1.807, 2.05) is 12.1 Å². The van der Waals surface area contributed by atoms with Gasteiger partial charge in [0.2, 0.25) is 0 Å². The van der Waals surface area contributed by atoms with E-state index in [0.29, 0.717) is 31.7 Å². The van der Waals surface area contributed by atoms with Crippen molar-refractivity contribution in [2.75, 3.05) is 13.2 Å². The Morgan fingerprint density at radius 3 is 2.09 bits per heavy atom. The number of aliphatic carboxylic acids is 1. The number of carboxylic acid groups (broad SMARTS) is 1. The van der Waals surface area contributed by atoms with E-state index in [1.165, 1.54) is 40.1 Å². The number of carbonyl (C=O) groups is 1. The Hall–Kier alpha value is -4.54. The summed E-state index contributed by atoms with van der Waals surface area (Å²) >= 11 is 6.28. The Morgan fingerprint density at radius 1 is 0.849 bits per heavy atom. The fraction of sp³-hybridized carbons (Fsp3) is 0.372. The van der Waals surface area contributed by atoms with Crippen LogP contribution in [0.2, 0.25) is 0 Å². The van der Waals surface area contributed by atoms with E-state index < -0.39 is 17.1 Å². The number of aromatic nitrogens is 2. The highest BCUT2D eigenvalue weighted by Crippen LogP contribution is 2.34. The molecule has 10 heteroatoms. The van der Waals surface area contributed by atoms with Gasteiger partial charge in [0.15, 0.2) is 24.0 Å². The molecule has 278 valence electrons. The molecule has 7 rings (SSSR count). The number of oxazole rings is 2. The summed E-state index contributed by atoms with van der Waals surface area (Å²) in [6.45, 7) is 8.83. The molecule has 6 aromatic rings. The summed E-state index contributed by atoms with van der Waals surface area (Å²) in [4.78, 5) is 19.7. The highest BCUT2D eigenvalue weighted by molar-refractivity contribution is 6.20. The van der Waals surface area contributed by atoms with E-state index in [1.54, 1.807) is 26.4 Å². The average Bonchev–Trinajstić information content (AvgIpc) is 3.89. The second-order valence-corrected chi connectivity index (χ2v) is 14.8. The lowest BCUT2D eigenvalue weighted by Gasteiger charge is -2.32. The molecule has 0 spiro atoms. The summed E-state index contributed by atoms with van der Waals surface area (Å²) in [5, 5.41) is 14.1. The summed E-state index contributed by atoms with van der Waals surface area (Å²) in [7, 11) is 0. The standard InChI is InChI=1S/C27H33NO5.C16H14ClNO2/c1-18-6-4-9-21-13-22(10-11-23(18)21)25(24-16-31-17-28-24)32-14-19-7-5-8-20(12-19)15-33-27(2,3)26(29)30;1-11-3-2-4-12-7-13(5-6-15(11)12)16(17)20-9-14-8-19-10-18-14/h4,6,9-11,13,16-17,19-20,25H,5,7-8,12,14-15H2,1-3H3,(H,29,30);2-8,10,16H,9H2,1H3/t19-,20+,25?;/m0./s1. The van der Waals surface area contributed by atoms with Crippen molar-refractivity contribution in [2.45, 2.75) is 77.3 Å². The summed E-state index contributed by atoms with van der Waals surface area (Å²) in [6.07, 6.45) is 9.94. The highest BCUT2D eigenvalue weighted by Gasteiger charge is 2.31. The van der Waals surface area contributed by atoms with E-state index in [0.717, 1.165) is 53.6 Å². The second-order valence-electron chi connectivity index (χ2n) is 14.4. The number of nitrogens with zero attached hydrogens (tertiary/aromatic N) is 2. The van der Waals surface area contributed by atoms with Crippen molar-refractivity contribution in [1.29, 1.82) is 0 Å². The third-order valence-corrected chi connectivity index (χ3v) is 10.4. The van der Waals surface area contributed by atoms with Gasteiger partial charge in [-0.25, -0.2) is 14.8 Å². The second kappa shape index (κ2) is 17.5. The fourth-order valence-electron chi connectivity index (χ4n) is 6.83. The number of alkyl halides is 1. The molecule has 0 saturated heterocycles. The van der Waals surface area contributed by atoms with Gasteiger partial charge in [-0.3, -0.25) is 0 Å². The zero-order valence-corrected chi connectivity index (χ0v) is 31.4. The van der Waals surface area contributed by atoms with Crippen LogP contribution in [0.3, 0.4) is 0 Å². The quantitative estimate of drug-likeness (QED) is 0.116. The lowest BCUT2D eigenvalue weighted by Crippen LogP contribution is -2.37. The Bertz CT molecular complexity index is 2080. The minimum Gasteiger partial charge on any atom is -0.479 e. The topological polar surface area (TPSA) is 117 Å². The molecular formula is C43H47ClN2O7. The van der Waals surface area contributed by atoms with Crippen LogP contribution in [-0.2, 0) is 25.6 Å². The normalized spacial score (nSPS) is 17.3. The molecule has 0 aliphatic heterocycles. The van der Waals surface area contributed by atoms with Gasteiger partial charge in [0.25, 0.3) is 0 Å². The first kappa shape index (κ1) is 38.2. The number of ether oxygens (including phenoxy) is 3. The molecule has 0 bridgehead atoms. The third kappa shape index (κ3) is 9.91. The lowest BCUT2D eigenvalue weighted by atomic mass is 9.82. The lowest BCUT2D eigenvalue weighted by molar-refractivity contribution is -0.163. The molecule has 0 radical (unpaired) electrons. The molecule has 4 aromatic carbocycles. The maximum absolute atomic E-state index is 11.3. The van der Waals surface area contributed by atoms with Crippen molar-refractivity contribution in [3.05, 3.63) is 132 Å². The zero-order chi connectivity index (χ0) is 37.4. The number of rotatable bonds is 13. The number of halogens is 1. The van der Waals surface area contributed by atoms with Gasteiger partial charge in [0, 0.05) is 0 Å². The van der Waals surface area contributed by atoms with Crippen LogP contribution in [0, 0.1) is 25.7 Å². The molecule has 1 N–H and O–H groups in total. The minimum atomic E-state index is -1.16. The number of carboxylic acids is 1. The van der Waals surface area contributed by atoms with Crippen LogP contribution >= 0.6 is 11.6 Å². The van der Waals surface area contributed by atoms with Gasteiger partial charge in [-0.15, -0.1) is 0 Å². The van der Waals surface area contributed by atoms with Crippen LogP contribution < -0.4 is 0 Å². The van der Waals surface area contributed by atoms with E-state index in [9.17, 15) is 9.90 Å². The van der Waals surface area contributed by atoms with Crippen LogP contribution in [0.1, 0.15) is 84.8 Å². The molecular weight excluding hydrogens is 692 g/mol. The van der Waals surface area contributed by atoms with Crippen molar-refractivity contribution in [2.24, 2.45) is 11.8 Å². The summed E-state index contributed by atoms with van der Waals surface area (Å²) in [5.41, 5.74) is 4.33. The van der Waals surface area contributed by atoms with Crippen molar-refractivity contribution in [1.82, 2.24) is 9.97 Å². The zero-order valence-electron chi connectivity index (χ0n) is 30.7. The number of hydrogen-bond donors (Lipinski definition) is 1. The molecule has 1 fully saturated rings. The molecule has 1 saturated carbocycles. The average molecular weight is 739 g/mol. The first-order valence-corrected chi connectivity index (χ1v) is 18.5. The summed E-state index contributed by atoms with van der Waals surface area (Å²) in [6, 6.07) is 25.1. The van der Waals surface area contributed by atoms with Crippen LogP contribution in [0.15, 0.2) is 107 Å². The van der Waals surface area contributed by atoms with Crippen LogP contribution in [-0.4, -0.2) is 39.9 Å². The van der Waals surface area contributed by atoms with Gasteiger partial charge in [-0.2, -0.15) is 0 Å². The largest absolute Gasteiger partial charge is 0.479 e. The van der Waals surface area contributed by atoms with Crippen LogP contribution in [0.5, 0.6) is 0 Å². The highest BCUT2D eigenvalue weighted by atomic mass is 35.5. The van der Waals surface area contributed by atoms with Gasteiger partial charge >= 0.3 is 5.97 Å².